The van der Waals surface area contributed by atoms with E-state index in [-0.39, 0.29) is 62.4 Å². The Morgan fingerprint density at radius 3 is 1.63 bits per heavy atom. The number of carbonyl (C=O) groups is 4. The van der Waals surface area contributed by atoms with E-state index in [0.29, 0.717) is 18.4 Å². The Bertz CT molecular complexity index is 1120. The van der Waals surface area contributed by atoms with Gasteiger partial charge in [0.15, 0.2) is 11.9 Å². The number of carboxylic acids is 1. The molecule has 4 atom stereocenters. The number of nitrogens with two attached hydrogens (primary N) is 5. The maximum absolute atomic E-state index is 13.4. The molecule has 0 radical (unpaired) electrons. The molecule has 0 saturated heterocycles. The quantitative estimate of drug-likeness (QED) is 0.0464. The van der Waals surface area contributed by atoms with Crippen molar-refractivity contribution in [1.29, 1.82) is 0 Å². The molecule has 0 heterocycles. The third kappa shape index (κ3) is 15.3. The summed E-state index contributed by atoms with van der Waals surface area (Å²) in [6.07, 6.45) is 1.09. The highest BCUT2D eigenvalue weighted by Crippen LogP contribution is 2.12. The first-order valence-electron chi connectivity index (χ1n) is 14.0. The van der Waals surface area contributed by atoms with Gasteiger partial charge in [-0.25, -0.2) is 4.79 Å². The molecule has 16 nitrogen and oxygen atoms in total. The number of carboxylic acid groups (broad SMARTS) is 1. The summed E-state index contributed by atoms with van der Waals surface area (Å²) in [6.45, 7) is 4.16. The van der Waals surface area contributed by atoms with E-state index in [1.807, 2.05) is 13.8 Å². The van der Waals surface area contributed by atoms with Gasteiger partial charge in [0.2, 0.25) is 17.7 Å². The van der Waals surface area contributed by atoms with Gasteiger partial charge in [0.1, 0.15) is 23.9 Å². The Balaban J connectivity index is 3.14. The maximum atomic E-state index is 13.4. The molecule has 0 aliphatic heterocycles. The van der Waals surface area contributed by atoms with Crippen molar-refractivity contribution < 1.29 is 29.4 Å². The van der Waals surface area contributed by atoms with Gasteiger partial charge in [0.25, 0.3) is 0 Å². The van der Waals surface area contributed by atoms with E-state index in [9.17, 15) is 29.4 Å². The molecule has 43 heavy (non-hydrogen) atoms. The fourth-order valence-electron chi connectivity index (χ4n) is 4.05. The number of amides is 3. The fourth-order valence-corrected chi connectivity index (χ4v) is 4.05. The first-order valence-corrected chi connectivity index (χ1v) is 14.0. The van der Waals surface area contributed by atoms with Crippen molar-refractivity contribution in [1.82, 2.24) is 16.0 Å². The molecule has 0 aromatic heterocycles. The molecule has 240 valence electrons. The molecule has 16 heteroatoms. The number of hydrogen-bond donors (Lipinski definition) is 10. The van der Waals surface area contributed by atoms with Crippen molar-refractivity contribution >= 4 is 35.6 Å². The van der Waals surface area contributed by atoms with E-state index in [1.165, 1.54) is 24.3 Å². The minimum absolute atomic E-state index is 0.00770. The highest BCUT2D eigenvalue weighted by Gasteiger charge is 2.30. The van der Waals surface area contributed by atoms with Gasteiger partial charge in [0.05, 0.1) is 6.04 Å². The molecule has 4 unspecified atom stereocenters. The number of carbonyl (C=O) groups excluding carboxylic acids is 3. The van der Waals surface area contributed by atoms with Crippen molar-refractivity contribution in [3.8, 4) is 5.75 Å². The molecule has 0 bridgehead atoms. The number of benzene rings is 1. The summed E-state index contributed by atoms with van der Waals surface area (Å²) in [5.74, 6) is -3.40. The Hall–Kier alpha value is -4.60. The zero-order valence-electron chi connectivity index (χ0n) is 24.7. The predicted molar refractivity (Wildman–Crippen MR) is 162 cm³/mol. The number of aliphatic carboxylic acids is 1. The molecule has 15 N–H and O–H groups in total. The van der Waals surface area contributed by atoms with Crippen LogP contribution in [-0.2, 0) is 25.6 Å². The number of phenols is 1. The van der Waals surface area contributed by atoms with Gasteiger partial charge in [-0.3, -0.25) is 24.4 Å². The first-order chi connectivity index (χ1) is 20.2. The largest absolute Gasteiger partial charge is 0.508 e. The van der Waals surface area contributed by atoms with Gasteiger partial charge in [-0.05, 0) is 55.7 Å². The van der Waals surface area contributed by atoms with Crippen molar-refractivity contribution in [3.63, 3.8) is 0 Å². The average Bonchev–Trinajstić information content (AvgIpc) is 2.91. The van der Waals surface area contributed by atoms with Crippen molar-refractivity contribution in [2.24, 2.45) is 44.6 Å². The number of aliphatic imine (C=N–C) groups is 2. The Morgan fingerprint density at radius 2 is 1.21 bits per heavy atom. The number of hydrogen-bond acceptors (Lipinski definition) is 8. The molecular weight excluding hydrogens is 560 g/mol. The van der Waals surface area contributed by atoms with Gasteiger partial charge < -0.3 is 54.8 Å². The lowest BCUT2D eigenvalue weighted by atomic mass is 10.0. The first kappa shape index (κ1) is 36.4. The summed E-state index contributed by atoms with van der Waals surface area (Å²) < 4.78 is 0. The van der Waals surface area contributed by atoms with Gasteiger partial charge in [-0.1, -0.05) is 26.0 Å². The van der Waals surface area contributed by atoms with Gasteiger partial charge >= 0.3 is 5.97 Å². The Labute approximate surface area is 250 Å². The highest BCUT2D eigenvalue weighted by atomic mass is 16.4. The average molecular weight is 607 g/mol. The van der Waals surface area contributed by atoms with Crippen LogP contribution in [0.25, 0.3) is 0 Å². The summed E-state index contributed by atoms with van der Waals surface area (Å²) >= 11 is 0. The van der Waals surface area contributed by atoms with Gasteiger partial charge in [-0.15, -0.1) is 0 Å². The highest BCUT2D eigenvalue weighted by molar-refractivity contribution is 5.94. The third-order valence-corrected chi connectivity index (χ3v) is 6.21. The predicted octanol–water partition coefficient (Wildman–Crippen LogP) is -2.05. The van der Waals surface area contributed by atoms with Crippen LogP contribution in [0.5, 0.6) is 5.75 Å². The number of nitrogens with one attached hydrogen (secondary N) is 3. The number of aromatic hydroxyl groups is 1. The second kappa shape index (κ2) is 18.8. The van der Waals surface area contributed by atoms with Crippen LogP contribution in [-0.4, -0.2) is 83.1 Å². The lowest BCUT2D eigenvalue weighted by Crippen LogP contribution is -2.57. The van der Waals surface area contributed by atoms with E-state index in [1.54, 1.807) is 0 Å². The van der Waals surface area contributed by atoms with E-state index >= 15 is 0 Å². The van der Waals surface area contributed by atoms with Crippen LogP contribution in [0.3, 0.4) is 0 Å². The second-order valence-electron chi connectivity index (χ2n) is 10.5. The van der Waals surface area contributed by atoms with Crippen LogP contribution in [0.4, 0.5) is 0 Å². The standard InChI is InChI=1S/C27H46N10O6/c1-15(2)13-18(28)22(39)35-19(5-3-11-33-26(29)30)23(40)36-20(6-4-12-34-27(31)32)24(41)37-21(25(42)43)14-16-7-9-17(38)10-8-16/h7-10,15,18-21,38H,3-6,11-14,28H2,1-2H3,(H,35,39)(H,36,40)(H,37,41)(H,42,43)(H4,29,30,33)(H4,31,32,34). The molecule has 1 rings (SSSR count). The summed E-state index contributed by atoms with van der Waals surface area (Å²) in [6, 6.07) is 1.40. The van der Waals surface area contributed by atoms with Crippen LogP contribution in [0.15, 0.2) is 34.3 Å². The zero-order valence-corrected chi connectivity index (χ0v) is 24.7. The summed E-state index contributed by atoms with van der Waals surface area (Å²) in [4.78, 5) is 59.2. The second-order valence-corrected chi connectivity index (χ2v) is 10.5. The molecule has 3 amide bonds. The molecule has 0 aliphatic carbocycles. The van der Waals surface area contributed by atoms with Crippen LogP contribution < -0.4 is 44.6 Å². The molecule has 0 aliphatic rings. The van der Waals surface area contributed by atoms with Crippen LogP contribution in [0.2, 0.25) is 0 Å². The molecule has 0 saturated carbocycles. The topological polar surface area (TPSA) is 300 Å². The molecule has 0 fully saturated rings. The van der Waals surface area contributed by atoms with Gasteiger partial charge in [0, 0.05) is 19.5 Å². The maximum Gasteiger partial charge on any atom is 0.326 e. The fraction of sp³-hybridized carbons (Fsp3) is 0.556. The smallest absolute Gasteiger partial charge is 0.326 e. The number of nitrogens with zero attached hydrogens (tertiary/aromatic N) is 2. The van der Waals surface area contributed by atoms with E-state index in [2.05, 4.69) is 25.9 Å². The Morgan fingerprint density at radius 1 is 0.767 bits per heavy atom. The van der Waals surface area contributed by atoms with Crippen LogP contribution in [0, 0.1) is 5.92 Å². The van der Waals surface area contributed by atoms with Gasteiger partial charge in [-0.2, -0.15) is 0 Å². The van der Waals surface area contributed by atoms with Crippen molar-refractivity contribution in [2.45, 2.75) is 76.5 Å². The third-order valence-electron chi connectivity index (χ3n) is 6.21. The zero-order chi connectivity index (χ0) is 32.5. The lowest BCUT2D eigenvalue weighted by molar-refractivity contribution is -0.142. The Kier molecular flexibility index (Phi) is 15.9. The lowest BCUT2D eigenvalue weighted by Gasteiger charge is -2.25. The summed E-state index contributed by atoms with van der Waals surface area (Å²) in [5, 5.41) is 27.0. The van der Waals surface area contributed by atoms with Crippen molar-refractivity contribution in [3.05, 3.63) is 29.8 Å². The number of guanidine groups is 2. The SMILES string of the molecule is CC(C)CC(N)C(=O)NC(CCCN=C(N)N)C(=O)NC(CCCN=C(N)N)C(=O)NC(Cc1ccc(O)cc1)C(=O)O. The van der Waals surface area contributed by atoms with E-state index in [4.69, 9.17) is 28.7 Å². The molecule has 0 spiro atoms. The molecular formula is C27H46N10O6. The molecule has 1 aromatic rings. The van der Waals surface area contributed by atoms with Crippen LogP contribution >= 0.6 is 0 Å². The van der Waals surface area contributed by atoms with E-state index < -0.39 is 47.9 Å². The minimum atomic E-state index is -1.33. The van der Waals surface area contributed by atoms with Crippen molar-refractivity contribution in [2.75, 3.05) is 13.1 Å². The monoisotopic (exact) mass is 606 g/mol. The van der Waals surface area contributed by atoms with Crippen LogP contribution in [0.1, 0.15) is 51.5 Å². The molecule has 1 aromatic carbocycles. The number of rotatable bonds is 19. The minimum Gasteiger partial charge on any atom is -0.508 e. The summed E-state index contributed by atoms with van der Waals surface area (Å²) in [7, 11) is 0. The van der Waals surface area contributed by atoms with E-state index in [0.717, 1.165) is 0 Å². The number of phenolic OH excluding ortho intramolecular Hbond substituents is 1. The normalized spacial score (nSPS) is 13.6. The summed E-state index contributed by atoms with van der Waals surface area (Å²) in [5.41, 5.74) is 28.0.